The number of carbonyl (C=O) groups is 3. The number of hydrogen-bond donors (Lipinski definition) is 3. The van der Waals surface area contributed by atoms with E-state index in [9.17, 15) is 14.4 Å². The number of hydrogen-bond acceptors (Lipinski definition) is 4. The van der Waals surface area contributed by atoms with Crippen molar-refractivity contribution in [1.29, 1.82) is 0 Å². The molecule has 0 aliphatic carbocycles. The molecule has 1 aromatic rings. The van der Waals surface area contributed by atoms with E-state index in [1.54, 1.807) is 0 Å². The second-order valence-corrected chi connectivity index (χ2v) is 4.78. The van der Waals surface area contributed by atoms with Gasteiger partial charge in [0.1, 0.15) is 6.04 Å². The summed E-state index contributed by atoms with van der Waals surface area (Å²) < 4.78 is 0.389. The van der Waals surface area contributed by atoms with Gasteiger partial charge in [-0.05, 0) is 12.1 Å². The second kappa shape index (κ2) is 5.65. The number of carbonyl (C=O) groups excluding carboxylic acids is 1. The Morgan fingerprint density at radius 1 is 1.35 bits per heavy atom. The SMILES string of the molecule is O=C(O)CC(NC(=O)c1ccc(Cl)s1)C(=O)O. The van der Waals surface area contributed by atoms with Crippen molar-refractivity contribution in [2.24, 2.45) is 0 Å². The molecule has 3 N–H and O–H groups in total. The van der Waals surface area contributed by atoms with Crippen LogP contribution in [0.15, 0.2) is 12.1 Å². The van der Waals surface area contributed by atoms with E-state index in [2.05, 4.69) is 5.32 Å². The molecule has 0 fully saturated rings. The monoisotopic (exact) mass is 277 g/mol. The molecule has 6 nitrogen and oxygen atoms in total. The molecule has 1 atom stereocenters. The molecule has 1 rings (SSSR count). The zero-order valence-electron chi connectivity index (χ0n) is 8.34. The molecule has 0 saturated heterocycles. The number of thiophene rings is 1. The number of rotatable bonds is 5. The van der Waals surface area contributed by atoms with Crippen molar-refractivity contribution in [3.63, 3.8) is 0 Å². The summed E-state index contributed by atoms with van der Waals surface area (Å²) >= 11 is 6.60. The van der Waals surface area contributed by atoms with Crippen LogP contribution in [0.3, 0.4) is 0 Å². The minimum Gasteiger partial charge on any atom is -0.481 e. The Hall–Kier alpha value is -1.60. The van der Waals surface area contributed by atoms with Gasteiger partial charge >= 0.3 is 11.9 Å². The molecule has 0 bridgehead atoms. The zero-order chi connectivity index (χ0) is 13.0. The van der Waals surface area contributed by atoms with E-state index in [4.69, 9.17) is 21.8 Å². The summed E-state index contributed by atoms with van der Waals surface area (Å²) in [7, 11) is 0. The van der Waals surface area contributed by atoms with Gasteiger partial charge in [-0.1, -0.05) is 11.6 Å². The number of amides is 1. The Bertz CT molecular complexity index is 458. The van der Waals surface area contributed by atoms with Crippen LogP contribution in [0.4, 0.5) is 0 Å². The van der Waals surface area contributed by atoms with Crippen molar-refractivity contribution in [3.8, 4) is 0 Å². The first-order valence-electron chi connectivity index (χ1n) is 4.41. The second-order valence-electron chi connectivity index (χ2n) is 3.07. The van der Waals surface area contributed by atoms with E-state index in [-0.39, 0.29) is 4.88 Å². The van der Waals surface area contributed by atoms with Gasteiger partial charge in [-0.15, -0.1) is 11.3 Å². The van der Waals surface area contributed by atoms with Gasteiger partial charge in [-0.2, -0.15) is 0 Å². The average molecular weight is 278 g/mol. The van der Waals surface area contributed by atoms with Gasteiger partial charge in [0.05, 0.1) is 15.6 Å². The molecule has 1 heterocycles. The third-order valence-electron chi connectivity index (χ3n) is 1.78. The zero-order valence-corrected chi connectivity index (χ0v) is 9.92. The molecule has 0 aliphatic heterocycles. The number of nitrogens with one attached hydrogen (secondary N) is 1. The van der Waals surface area contributed by atoms with E-state index >= 15 is 0 Å². The molecule has 1 amide bonds. The topological polar surface area (TPSA) is 104 Å². The Balaban J connectivity index is 2.70. The van der Waals surface area contributed by atoms with Crippen LogP contribution in [-0.2, 0) is 9.59 Å². The lowest BCUT2D eigenvalue weighted by molar-refractivity contribution is -0.145. The largest absolute Gasteiger partial charge is 0.481 e. The summed E-state index contributed by atoms with van der Waals surface area (Å²) in [5.41, 5.74) is 0. The Morgan fingerprint density at radius 2 is 2.00 bits per heavy atom. The lowest BCUT2D eigenvalue weighted by atomic mass is 10.2. The fourth-order valence-corrected chi connectivity index (χ4v) is 1.99. The van der Waals surface area contributed by atoms with Gasteiger partial charge in [-0.25, -0.2) is 4.79 Å². The lowest BCUT2D eigenvalue weighted by Gasteiger charge is -2.11. The van der Waals surface area contributed by atoms with Crippen molar-refractivity contribution in [2.75, 3.05) is 0 Å². The van der Waals surface area contributed by atoms with E-state index < -0.39 is 30.3 Å². The van der Waals surface area contributed by atoms with Gasteiger partial charge < -0.3 is 15.5 Å². The predicted molar refractivity (Wildman–Crippen MR) is 60.5 cm³/mol. The molecule has 8 heteroatoms. The first-order valence-corrected chi connectivity index (χ1v) is 5.60. The highest BCUT2D eigenvalue weighted by Gasteiger charge is 2.24. The van der Waals surface area contributed by atoms with Crippen LogP contribution in [0, 0.1) is 0 Å². The quantitative estimate of drug-likeness (QED) is 0.746. The van der Waals surface area contributed by atoms with Crippen LogP contribution >= 0.6 is 22.9 Å². The predicted octanol–water partition coefficient (Wildman–Crippen LogP) is 1.06. The number of carboxylic acid groups (broad SMARTS) is 2. The maximum absolute atomic E-state index is 11.5. The van der Waals surface area contributed by atoms with E-state index in [1.807, 2.05) is 0 Å². The highest BCUT2D eigenvalue weighted by atomic mass is 35.5. The minimum absolute atomic E-state index is 0.228. The number of aliphatic carboxylic acids is 2. The molecule has 92 valence electrons. The maximum Gasteiger partial charge on any atom is 0.326 e. The highest BCUT2D eigenvalue weighted by Crippen LogP contribution is 2.21. The van der Waals surface area contributed by atoms with Crippen LogP contribution < -0.4 is 5.32 Å². The van der Waals surface area contributed by atoms with Crippen molar-refractivity contribution in [3.05, 3.63) is 21.3 Å². The van der Waals surface area contributed by atoms with Crippen LogP contribution in [0.25, 0.3) is 0 Å². The molecular formula is C9H8ClNO5S. The minimum atomic E-state index is -1.46. The highest BCUT2D eigenvalue weighted by molar-refractivity contribution is 7.18. The fourth-order valence-electron chi connectivity index (χ4n) is 1.04. The van der Waals surface area contributed by atoms with Crippen LogP contribution in [-0.4, -0.2) is 34.1 Å². The van der Waals surface area contributed by atoms with Crippen molar-refractivity contribution >= 4 is 40.8 Å². The smallest absolute Gasteiger partial charge is 0.326 e. The Kier molecular flexibility index (Phi) is 4.47. The van der Waals surface area contributed by atoms with Crippen LogP contribution in [0.2, 0.25) is 4.34 Å². The molecular weight excluding hydrogens is 270 g/mol. The molecule has 17 heavy (non-hydrogen) atoms. The molecule has 0 radical (unpaired) electrons. The first kappa shape index (κ1) is 13.5. The summed E-state index contributed by atoms with van der Waals surface area (Å²) in [5, 5.41) is 19.3. The van der Waals surface area contributed by atoms with Gasteiger partial charge in [0.25, 0.3) is 5.91 Å². The van der Waals surface area contributed by atoms with Gasteiger partial charge in [-0.3, -0.25) is 9.59 Å². The van der Waals surface area contributed by atoms with Crippen LogP contribution in [0.1, 0.15) is 16.1 Å². The van der Waals surface area contributed by atoms with Crippen molar-refractivity contribution < 1.29 is 24.6 Å². The maximum atomic E-state index is 11.5. The standard InChI is InChI=1S/C9H8ClNO5S/c10-6-2-1-5(17-6)8(14)11-4(9(15)16)3-7(12)13/h1-2,4H,3H2,(H,11,14)(H,12,13)(H,15,16). The summed E-state index contributed by atoms with van der Waals surface area (Å²) in [5.74, 6) is -3.36. The summed E-state index contributed by atoms with van der Waals surface area (Å²) in [6.45, 7) is 0. The molecule has 0 aliphatic rings. The normalized spacial score (nSPS) is 11.8. The van der Waals surface area contributed by atoms with E-state index in [1.165, 1.54) is 12.1 Å². The molecule has 0 saturated carbocycles. The number of carboxylic acids is 2. The van der Waals surface area contributed by atoms with E-state index in [0.29, 0.717) is 4.34 Å². The number of halogens is 1. The third-order valence-corrected chi connectivity index (χ3v) is 3.01. The van der Waals surface area contributed by atoms with Crippen molar-refractivity contribution in [1.82, 2.24) is 5.32 Å². The van der Waals surface area contributed by atoms with Gasteiger partial charge in [0, 0.05) is 0 Å². The summed E-state index contributed by atoms with van der Waals surface area (Å²) in [6, 6.07) is 1.47. The third kappa shape index (κ3) is 4.04. The van der Waals surface area contributed by atoms with Gasteiger partial charge in [0.2, 0.25) is 0 Å². The molecule has 1 aromatic heterocycles. The van der Waals surface area contributed by atoms with Gasteiger partial charge in [0.15, 0.2) is 0 Å². The Labute approximate surface area is 105 Å². The molecule has 0 spiro atoms. The van der Waals surface area contributed by atoms with Crippen LogP contribution in [0.5, 0.6) is 0 Å². The molecule has 1 unspecified atom stereocenters. The van der Waals surface area contributed by atoms with E-state index in [0.717, 1.165) is 11.3 Å². The first-order chi connectivity index (χ1) is 7.90. The van der Waals surface area contributed by atoms with Crippen molar-refractivity contribution in [2.45, 2.75) is 12.5 Å². The fraction of sp³-hybridized carbons (Fsp3) is 0.222. The summed E-state index contributed by atoms with van der Waals surface area (Å²) in [4.78, 5) is 32.9. The average Bonchev–Trinajstić information content (AvgIpc) is 2.63. The lowest BCUT2D eigenvalue weighted by Crippen LogP contribution is -2.41. The Morgan fingerprint density at radius 3 is 2.41 bits per heavy atom. The summed E-state index contributed by atoms with van der Waals surface area (Å²) in [6.07, 6.45) is -0.680. The molecule has 0 aromatic carbocycles.